The van der Waals surface area contributed by atoms with Crippen molar-refractivity contribution in [1.29, 1.82) is 0 Å². The van der Waals surface area contributed by atoms with Crippen molar-refractivity contribution in [2.45, 2.75) is 75.5 Å². The van der Waals surface area contributed by atoms with Gasteiger partial charge in [-0.15, -0.1) is 23.1 Å². The Morgan fingerprint density at radius 2 is 1.82 bits per heavy atom. The lowest BCUT2D eigenvalue weighted by atomic mass is 10.00. The zero-order chi connectivity index (χ0) is 46.3. The summed E-state index contributed by atoms with van der Waals surface area (Å²) in [5, 5.41) is 12.2. The van der Waals surface area contributed by atoms with Gasteiger partial charge in [0.25, 0.3) is 11.8 Å². The Morgan fingerprint density at radius 1 is 1.06 bits per heavy atom. The van der Waals surface area contributed by atoms with E-state index >= 15 is 4.39 Å². The number of rotatable bonds is 16. The number of nitrogens with one attached hydrogen (secondary N) is 4. The van der Waals surface area contributed by atoms with Crippen molar-refractivity contribution in [1.82, 2.24) is 40.3 Å². The summed E-state index contributed by atoms with van der Waals surface area (Å²) in [6.45, 7) is 9.09. The molecular weight excluding hydrogens is 891 g/mol. The fraction of sp³-hybridized carbons (Fsp3) is 0.457. The van der Waals surface area contributed by atoms with Crippen LogP contribution < -0.4 is 26.0 Å². The molecule has 2 aliphatic heterocycles. The monoisotopic (exact) mass is 944 g/mol. The van der Waals surface area contributed by atoms with Crippen LogP contribution >= 0.6 is 34.7 Å². The second kappa shape index (κ2) is 20.8. The number of carbonyl (C=O) groups excluding carboxylic acids is 4. The van der Waals surface area contributed by atoms with Gasteiger partial charge in [-0.2, -0.15) is 4.98 Å². The number of hydrogen-bond donors (Lipinski definition) is 4. The number of thioether (sulfide) groups is 1. The Kier molecular flexibility index (Phi) is 15.2. The van der Waals surface area contributed by atoms with Gasteiger partial charge in [0.15, 0.2) is 5.67 Å². The predicted octanol–water partition coefficient (Wildman–Crippen LogP) is 5.92. The van der Waals surface area contributed by atoms with E-state index in [1.165, 1.54) is 30.0 Å². The highest BCUT2D eigenvalue weighted by Gasteiger charge is 2.53. The van der Waals surface area contributed by atoms with Crippen LogP contribution in [0.25, 0.3) is 10.4 Å². The van der Waals surface area contributed by atoms with E-state index in [9.17, 15) is 19.2 Å². The maximum Gasteiger partial charge on any atom is 0.258 e. The Bertz CT molecular complexity index is 2450. The van der Waals surface area contributed by atoms with Crippen LogP contribution in [0.3, 0.4) is 0 Å². The number of aryl methyl sites for hydroxylation is 1. The van der Waals surface area contributed by atoms with Gasteiger partial charge in [0.1, 0.15) is 28.7 Å². The molecule has 65 heavy (non-hydrogen) atoms. The lowest BCUT2D eigenvalue weighted by Gasteiger charge is -2.37. The van der Waals surface area contributed by atoms with Crippen molar-refractivity contribution in [2.75, 3.05) is 69.8 Å². The molecule has 2 aromatic carbocycles. The van der Waals surface area contributed by atoms with Crippen LogP contribution in [0.2, 0.25) is 5.02 Å². The van der Waals surface area contributed by atoms with Gasteiger partial charge in [-0.3, -0.25) is 24.1 Å². The number of amides is 4. The first kappa shape index (κ1) is 47.5. The quantitative estimate of drug-likeness (QED) is 0.0979. The molecule has 7 rings (SSSR count). The van der Waals surface area contributed by atoms with E-state index in [1.54, 1.807) is 41.5 Å². The molecule has 3 aliphatic rings. The van der Waals surface area contributed by atoms with Gasteiger partial charge in [-0.05, 0) is 75.8 Å². The van der Waals surface area contributed by atoms with Gasteiger partial charge in [0.05, 0.1) is 47.4 Å². The summed E-state index contributed by atoms with van der Waals surface area (Å²) in [5.41, 5.74) is 3.86. The van der Waals surface area contributed by atoms with E-state index in [4.69, 9.17) is 16.3 Å². The summed E-state index contributed by atoms with van der Waals surface area (Å²) in [6.07, 6.45) is 2.82. The van der Waals surface area contributed by atoms with Crippen LogP contribution in [-0.4, -0.2) is 135 Å². The number of hydrogen-bond acceptors (Lipinski definition) is 13. The number of aromatic nitrogens is 3. The summed E-state index contributed by atoms with van der Waals surface area (Å²) < 4.78 is 19.7. The van der Waals surface area contributed by atoms with Crippen LogP contribution in [0.4, 0.5) is 21.8 Å². The van der Waals surface area contributed by atoms with Crippen LogP contribution in [0.15, 0.2) is 54.2 Å². The number of likely N-dealkylation sites (tertiary alicyclic amines) is 1. The van der Waals surface area contributed by atoms with Gasteiger partial charge in [0, 0.05) is 56.6 Å². The molecular formula is C46H54ClFN10O5S2. The van der Waals surface area contributed by atoms with Crippen LogP contribution in [0.5, 0.6) is 5.75 Å². The molecule has 0 spiro atoms. The number of methoxy groups -OCH3 is 1. The number of benzene rings is 2. The highest BCUT2D eigenvalue weighted by atomic mass is 35.5. The molecule has 2 aromatic heterocycles. The minimum Gasteiger partial charge on any atom is -0.495 e. The van der Waals surface area contributed by atoms with Gasteiger partial charge in [0.2, 0.25) is 17.8 Å². The Morgan fingerprint density at radius 3 is 2.49 bits per heavy atom. The average molecular weight is 946 g/mol. The zero-order valence-electron chi connectivity index (χ0n) is 37.1. The number of thiazole rings is 1. The number of alkyl halides is 1. The molecule has 4 amide bonds. The Labute approximate surface area is 392 Å². The molecule has 3 fully saturated rings. The van der Waals surface area contributed by atoms with E-state index in [1.807, 2.05) is 50.5 Å². The van der Waals surface area contributed by atoms with E-state index in [0.29, 0.717) is 98.2 Å². The molecule has 1 aliphatic carbocycles. The van der Waals surface area contributed by atoms with E-state index < -0.39 is 34.3 Å². The van der Waals surface area contributed by atoms with Crippen LogP contribution in [0.1, 0.15) is 61.1 Å². The molecule has 4 N–H and O–H groups in total. The van der Waals surface area contributed by atoms with Crippen molar-refractivity contribution < 1.29 is 28.3 Å². The second-order valence-corrected chi connectivity index (χ2v) is 19.6. The molecule has 2 unspecified atom stereocenters. The third-order valence-electron chi connectivity index (χ3n) is 11.9. The molecule has 0 bridgehead atoms. The largest absolute Gasteiger partial charge is 0.495 e. The molecule has 19 heteroatoms. The second-order valence-electron chi connectivity index (χ2n) is 16.7. The minimum atomic E-state index is -1.98. The smallest absolute Gasteiger partial charge is 0.258 e. The number of halogens is 2. The first-order chi connectivity index (χ1) is 31.2. The van der Waals surface area contributed by atoms with E-state index in [0.717, 1.165) is 21.7 Å². The third kappa shape index (κ3) is 11.5. The fourth-order valence-corrected chi connectivity index (χ4v) is 9.60. The van der Waals surface area contributed by atoms with Crippen molar-refractivity contribution in [3.63, 3.8) is 0 Å². The number of carbonyl (C=O) groups is 4. The van der Waals surface area contributed by atoms with Crippen molar-refractivity contribution >= 4 is 75.8 Å². The zero-order valence-corrected chi connectivity index (χ0v) is 39.5. The molecule has 344 valence electrons. The molecule has 4 aromatic rings. The van der Waals surface area contributed by atoms with Crippen LogP contribution in [-0.2, 0) is 20.9 Å². The predicted molar refractivity (Wildman–Crippen MR) is 253 cm³/mol. The lowest BCUT2D eigenvalue weighted by molar-refractivity contribution is -0.143. The lowest BCUT2D eigenvalue weighted by Crippen LogP contribution is -2.60. The van der Waals surface area contributed by atoms with Crippen molar-refractivity contribution in [3.05, 3.63) is 76.0 Å². The van der Waals surface area contributed by atoms with Gasteiger partial charge < -0.3 is 35.8 Å². The van der Waals surface area contributed by atoms with Gasteiger partial charge in [-0.1, -0.05) is 47.7 Å². The maximum absolute atomic E-state index is 15.0. The summed E-state index contributed by atoms with van der Waals surface area (Å²) in [7, 11) is 3.24. The first-order valence-electron chi connectivity index (χ1n) is 21.5. The summed E-state index contributed by atoms with van der Waals surface area (Å²) in [5.74, 6) is 6.43. The average Bonchev–Trinajstić information content (AvgIpc) is 3.64. The maximum atomic E-state index is 15.0. The van der Waals surface area contributed by atoms with Crippen LogP contribution in [0, 0.1) is 18.8 Å². The first-order valence-corrected chi connectivity index (χ1v) is 23.8. The standard InChI is InChI=1S/C46H54ClFN10O5S2/c1-29-37(64-28-52-29)31-12-10-30(11-13-31)26-50-40(59)35-9-8-19-58(35)42(61)38(54-43(62)46(48)16-17-46)45(2,3)65-24-7-6-18-56-20-22-57(23-21-56)41(60)32-14-15-34(36(25-32)63-5)53-44-51-27-33(47)39(49-4)55-44/h10-15,25,27-28,35,38H,8-9,16-24,26H2,1-5H3,(H,50,59)(H,54,62)(H2,49,51,53,55). The van der Waals surface area contributed by atoms with Gasteiger partial charge in [-0.25, -0.2) is 14.4 Å². The highest BCUT2D eigenvalue weighted by molar-refractivity contribution is 8.00. The number of anilines is 3. The number of ether oxygens (including phenoxy) is 1. The highest BCUT2D eigenvalue weighted by Crippen LogP contribution is 2.41. The minimum absolute atomic E-state index is 0.110. The Balaban J connectivity index is 0.903. The fourth-order valence-electron chi connectivity index (χ4n) is 7.73. The number of nitrogens with zero attached hydrogens (tertiary/aromatic N) is 6. The molecule has 15 nitrogen and oxygen atoms in total. The normalized spacial score (nSPS) is 17.4. The van der Waals surface area contributed by atoms with Crippen molar-refractivity contribution in [3.8, 4) is 28.0 Å². The number of piperazine rings is 1. The molecule has 2 atom stereocenters. The third-order valence-corrected chi connectivity index (χ3v) is 14.4. The molecule has 4 heterocycles. The topological polar surface area (TPSA) is 174 Å². The van der Waals surface area contributed by atoms with Crippen molar-refractivity contribution in [2.24, 2.45) is 0 Å². The Hall–Kier alpha value is -5.48. The molecule has 0 radical (unpaired) electrons. The molecule has 1 saturated carbocycles. The summed E-state index contributed by atoms with van der Waals surface area (Å²) in [6, 6.07) is 11.3. The SMILES string of the molecule is CNc1nc(Nc2ccc(C(=O)N3CCN(CC#CCSC(C)(C)C(NC(=O)C4(F)CC4)C(=O)N4CCCC4C(=O)NCc4ccc(-c5scnc5C)cc4)CC3)cc2OC)ncc1Cl. The molecule has 2 saturated heterocycles. The van der Waals surface area contributed by atoms with E-state index in [-0.39, 0.29) is 24.7 Å². The summed E-state index contributed by atoms with van der Waals surface area (Å²) >= 11 is 9.09. The summed E-state index contributed by atoms with van der Waals surface area (Å²) in [4.78, 5) is 74.0. The van der Waals surface area contributed by atoms with E-state index in [2.05, 4.69) is 53.0 Å². The van der Waals surface area contributed by atoms with Gasteiger partial charge >= 0.3 is 0 Å².